The summed E-state index contributed by atoms with van der Waals surface area (Å²) in [6.45, 7) is 0.740. The quantitative estimate of drug-likeness (QED) is 0.573. The number of carbonyl (C=O) groups is 1. The molecule has 0 N–H and O–H groups in total. The Labute approximate surface area is 111 Å². The molecule has 0 saturated carbocycles. The Bertz CT molecular complexity index is 329. The van der Waals surface area contributed by atoms with Crippen LogP contribution in [0.1, 0.15) is 25.0 Å². The summed E-state index contributed by atoms with van der Waals surface area (Å²) in [5.41, 5.74) is 1.03. The molecule has 17 heavy (non-hydrogen) atoms. The summed E-state index contributed by atoms with van der Waals surface area (Å²) in [7, 11) is 1.86. The Morgan fingerprint density at radius 3 is 2.88 bits per heavy atom. The lowest BCUT2D eigenvalue weighted by Crippen LogP contribution is -2.28. The third kappa shape index (κ3) is 5.82. The molecular formula is C13H19BrN2O. The number of pyridine rings is 1. The molecule has 1 aromatic rings. The van der Waals surface area contributed by atoms with Crippen LogP contribution in [0.4, 0.5) is 0 Å². The van der Waals surface area contributed by atoms with Crippen molar-refractivity contribution in [1.82, 2.24) is 9.88 Å². The highest BCUT2D eigenvalue weighted by Gasteiger charge is 2.08. The van der Waals surface area contributed by atoms with Crippen LogP contribution in [0.15, 0.2) is 24.4 Å². The average Bonchev–Trinajstić information content (AvgIpc) is 2.37. The maximum atomic E-state index is 11.7. The second-order valence-electron chi connectivity index (χ2n) is 4.03. The minimum atomic E-state index is 0.224. The van der Waals surface area contributed by atoms with E-state index in [1.807, 2.05) is 25.2 Å². The third-order valence-electron chi connectivity index (χ3n) is 2.63. The van der Waals surface area contributed by atoms with E-state index in [0.717, 1.165) is 36.8 Å². The summed E-state index contributed by atoms with van der Waals surface area (Å²) in [4.78, 5) is 17.8. The zero-order chi connectivity index (χ0) is 12.5. The minimum absolute atomic E-state index is 0.224. The van der Waals surface area contributed by atoms with Crippen LogP contribution in [0.25, 0.3) is 0 Å². The molecule has 94 valence electrons. The van der Waals surface area contributed by atoms with E-state index >= 15 is 0 Å². The fraction of sp³-hybridized carbons (Fsp3) is 0.538. The molecule has 0 aliphatic rings. The first kappa shape index (κ1) is 14.2. The number of unbranched alkanes of at least 4 members (excludes halogenated alkanes) is 1. The summed E-state index contributed by atoms with van der Waals surface area (Å²) >= 11 is 3.36. The first-order valence-electron chi connectivity index (χ1n) is 5.94. The van der Waals surface area contributed by atoms with Crippen molar-refractivity contribution in [2.75, 3.05) is 18.9 Å². The largest absolute Gasteiger partial charge is 0.345 e. The second kappa shape index (κ2) is 8.23. The molecule has 0 aliphatic carbocycles. The Balaban J connectivity index is 2.24. The van der Waals surface area contributed by atoms with Gasteiger partial charge in [-0.1, -0.05) is 22.0 Å². The van der Waals surface area contributed by atoms with Gasteiger partial charge in [-0.05, 0) is 25.0 Å². The molecule has 1 rings (SSSR count). The summed E-state index contributed by atoms with van der Waals surface area (Å²) in [5, 5.41) is 0.970. The van der Waals surface area contributed by atoms with Gasteiger partial charge in [0, 0.05) is 43.7 Å². The van der Waals surface area contributed by atoms with Crippen molar-refractivity contribution in [3.05, 3.63) is 30.1 Å². The van der Waals surface area contributed by atoms with Gasteiger partial charge in [0.15, 0.2) is 0 Å². The van der Waals surface area contributed by atoms with Crippen LogP contribution in [0.2, 0.25) is 0 Å². The van der Waals surface area contributed by atoms with Crippen LogP contribution >= 0.6 is 15.9 Å². The molecule has 0 radical (unpaired) electrons. The van der Waals surface area contributed by atoms with Crippen LogP contribution in [0.3, 0.4) is 0 Å². The number of halogens is 1. The van der Waals surface area contributed by atoms with Gasteiger partial charge in [-0.3, -0.25) is 9.78 Å². The summed E-state index contributed by atoms with van der Waals surface area (Å²) in [6.07, 6.45) is 5.26. The number of likely N-dealkylation sites (N-methyl/N-ethyl adjacent to an activating group) is 1. The monoisotopic (exact) mass is 298 g/mol. The first-order chi connectivity index (χ1) is 8.24. The number of rotatable bonds is 7. The molecule has 0 spiro atoms. The predicted octanol–water partition coefficient (Wildman–Crippen LogP) is 2.65. The third-order valence-corrected chi connectivity index (χ3v) is 3.19. The predicted molar refractivity (Wildman–Crippen MR) is 73.2 cm³/mol. The van der Waals surface area contributed by atoms with Crippen LogP contribution < -0.4 is 0 Å². The number of amides is 1. The molecule has 3 nitrogen and oxygen atoms in total. The zero-order valence-electron chi connectivity index (χ0n) is 10.2. The molecule has 0 saturated heterocycles. The summed E-state index contributed by atoms with van der Waals surface area (Å²) in [5.74, 6) is 0.224. The van der Waals surface area contributed by atoms with E-state index in [9.17, 15) is 4.79 Å². The highest BCUT2D eigenvalue weighted by Crippen LogP contribution is 2.03. The van der Waals surface area contributed by atoms with Crippen LogP contribution in [-0.4, -0.2) is 34.7 Å². The van der Waals surface area contributed by atoms with E-state index in [2.05, 4.69) is 20.9 Å². The highest BCUT2D eigenvalue weighted by molar-refractivity contribution is 9.09. The normalized spacial score (nSPS) is 10.2. The molecule has 1 amide bonds. The Kier molecular flexibility index (Phi) is 6.86. The van der Waals surface area contributed by atoms with Crippen LogP contribution in [0, 0.1) is 0 Å². The van der Waals surface area contributed by atoms with E-state index in [1.54, 1.807) is 11.1 Å². The topological polar surface area (TPSA) is 33.2 Å². The number of nitrogens with zero attached hydrogens (tertiary/aromatic N) is 2. The van der Waals surface area contributed by atoms with Crippen molar-refractivity contribution >= 4 is 21.8 Å². The number of carbonyl (C=O) groups excluding carboxylic acids is 1. The van der Waals surface area contributed by atoms with Gasteiger partial charge in [0.1, 0.15) is 0 Å². The molecule has 4 heteroatoms. The molecule has 0 aliphatic heterocycles. The minimum Gasteiger partial charge on any atom is -0.345 e. The molecule has 0 bridgehead atoms. The Morgan fingerprint density at radius 2 is 2.24 bits per heavy atom. The maximum absolute atomic E-state index is 11.7. The fourth-order valence-corrected chi connectivity index (χ4v) is 1.91. The number of hydrogen-bond acceptors (Lipinski definition) is 2. The van der Waals surface area contributed by atoms with Gasteiger partial charge >= 0.3 is 0 Å². The van der Waals surface area contributed by atoms with E-state index in [-0.39, 0.29) is 5.91 Å². The smallest absolute Gasteiger partial charge is 0.222 e. The van der Waals surface area contributed by atoms with E-state index in [0.29, 0.717) is 6.42 Å². The molecule has 1 heterocycles. The molecule has 0 atom stereocenters. The van der Waals surface area contributed by atoms with Crippen LogP contribution in [-0.2, 0) is 11.2 Å². The molecule has 0 unspecified atom stereocenters. The summed E-state index contributed by atoms with van der Waals surface area (Å²) < 4.78 is 0. The zero-order valence-corrected chi connectivity index (χ0v) is 11.8. The van der Waals surface area contributed by atoms with Crippen LogP contribution in [0.5, 0.6) is 0 Å². The number of hydrogen-bond donors (Lipinski definition) is 0. The van der Waals surface area contributed by atoms with Gasteiger partial charge in [-0.25, -0.2) is 0 Å². The van der Waals surface area contributed by atoms with E-state index in [4.69, 9.17) is 0 Å². The van der Waals surface area contributed by atoms with E-state index < -0.39 is 0 Å². The Morgan fingerprint density at radius 1 is 1.41 bits per heavy atom. The lowest BCUT2D eigenvalue weighted by Gasteiger charge is -2.16. The molecule has 0 fully saturated rings. The van der Waals surface area contributed by atoms with Crippen molar-refractivity contribution in [3.63, 3.8) is 0 Å². The highest BCUT2D eigenvalue weighted by atomic mass is 79.9. The van der Waals surface area contributed by atoms with Crippen molar-refractivity contribution in [2.24, 2.45) is 0 Å². The fourth-order valence-electron chi connectivity index (χ4n) is 1.51. The van der Waals surface area contributed by atoms with Gasteiger partial charge in [0.05, 0.1) is 0 Å². The van der Waals surface area contributed by atoms with Gasteiger partial charge < -0.3 is 4.90 Å². The van der Waals surface area contributed by atoms with Crippen molar-refractivity contribution in [1.29, 1.82) is 0 Å². The van der Waals surface area contributed by atoms with Gasteiger partial charge in [-0.15, -0.1) is 0 Å². The molecule has 1 aromatic heterocycles. The van der Waals surface area contributed by atoms with Crippen molar-refractivity contribution < 1.29 is 4.79 Å². The van der Waals surface area contributed by atoms with E-state index in [1.165, 1.54) is 0 Å². The van der Waals surface area contributed by atoms with Gasteiger partial charge in [-0.2, -0.15) is 0 Å². The number of aromatic nitrogens is 1. The van der Waals surface area contributed by atoms with Crippen molar-refractivity contribution in [2.45, 2.75) is 25.7 Å². The standard InChI is InChI=1S/C13H19BrN2O/c1-16(13(17)7-2-4-9-14)11-8-12-6-3-5-10-15-12/h3,5-6,10H,2,4,7-9,11H2,1H3. The number of alkyl halides is 1. The SMILES string of the molecule is CN(CCc1ccccn1)C(=O)CCCCBr. The molecule has 0 aromatic carbocycles. The first-order valence-corrected chi connectivity index (χ1v) is 7.06. The van der Waals surface area contributed by atoms with Gasteiger partial charge in [0.2, 0.25) is 5.91 Å². The second-order valence-corrected chi connectivity index (χ2v) is 4.83. The van der Waals surface area contributed by atoms with Gasteiger partial charge in [0.25, 0.3) is 0 Å². The lowest BCUT2D eigenvalue weighted by molar-refractivity contribution is -0.129. The Hall–Kier alpha value is -0.900. The summed E-state index contributed by atoms with van der Waals surface area (Å²) in [6, 6.07) is 5.86. The average molecular weight is 299 g/mol. The van der Waals surface area contributed by atoms with Crippen molar-refractivity contribution in [3.8, 4) is 0 Å². The lowest BCUT2D eigenvalue weighted by atomic mass is 10.2. The molecular weight excluding hydrogens is 280 g/mol. The maximum Gasteiger partial charge on any atom is 0.222 e.